The van der Waals surface area contributed by atoms with Gasteiger partial charge >= 0.3 is 5.97 Å². The summed E-state index contributed by atoms with van der Waals surface area (Å²) in [5.74, 6) is 0.621. The van der Waals surface area contributed by atoms with Gasteiger partial charge in [0, 0.05) is 6.04 Å². The summed E-state index contributed by atoms with van der Waals surface area (Å²) < 4.78 is 17.0. The molecule has 196 valence electrons. The van der Waals surface area contributed by atoms with E-state index in [0.29, 0.717) is 29.1 Å². The number of carbonyl (C=O) groups is 2. The van der Waals surface area contributed by atoms with E-state index < -0.39 is 5.97 Å². The van der Waals surface area contributed by atoms with Gasteiger partial charge in [0.1, 0.15) is 0 Å². The summed E-state index contributed by atoms with van der Waals surface area (Å²) in [6, 6.07) is 4.33. The number of carbonyl (C=O) groups excluding carboxylic acids is 2. The van der Waals surface area contributed by atoms with E-state index >= 15 is 0 Å². The topological polar surface area (TPSA) is 77.4 Å². The lowest BCUT2D eigenvalue weighted by molar-refractivity contribution is -0.145. The van der Waals surface area contributed by atoms with Crippen LogP contribution >= 0.6 is 34.4 Å². The molecule has 0 aromatic heterocycles. The van der Waals surface area contributed by atoms with Gasteiger partial charge in [-0.3, -0.25) is 14.7 Å². The fraction of sp³-hybridized carbons (Fsp3) is 0.593. The standard InChI is InChI=1S/C27H35IN2O5S/c1-3-34-24(31)17-35-25-21(28)14-18(15-22(25)33-2)16-23-26(32)30(20-12-8-5-9-13-20)27(36-23)29-19-10-6-4-7-11-19/h14-16,19-20H,3-13,17H2,1-2H3. The van der Waals surface area contributed by atoms with Crippen molar-refractivity contribution in [3.8, 4) is 11.5 Å². The van der Waals surface area contributed by atoms with Gasteiger partial charge in [-0.1, -0.05) is 38.5 Å². The average molecular weight is 627 g/mol. The number of benzene rings is 1. The van der Waals surface area contributed by atoms with Gasteiger partial charge in [0.15, 0.2) is 23.3 Å². The molecule has 1 amide bonds. The van der Waals surface area contributed by atoms with Crippen molar-refractivity contribution in [2.45, 2.75) is 83.2 Å². The van der Waals surface area contributed by atoms with Crippen molar-refractivity contribution in [2.24, 2.45) is 4.99 Å². The summed E-state index contributed by atoms with van der Waals surface area (Å²) in [4.78, 5) is 33.2. The molecule has 0 bridgehead atoms. The number of hydrogen-bond donors (Lipinski definition) is 0. The van der Waals surface area contributed by atoms with Crippen LogP contribution in [0.3, 0.4) is 0 Å². The number of amidine groups is 1. The van der Waals surface area contributed by atoms with Crippen LogP contribution in [0, 0.1) is 3.57 Å². The Morgan fingerprint density at radius 2 is 1.83 bits per heavy atom. The van der Waals surface area contributed by atoms with Crippen molar-refractivity contribution < 1.29 is 23.8 Å². The van der Waals surface area contributed by atoms with E-state index in [4.69, 9.17) is 19.2 Å². The Kier molecular flexibility index (Phi) is 9.98. The highest BCUT2D eigenvalue weighted by molar-refractivity contribution is 14.1. The smallest absolute Gasteiger partial charge is 0.344 e. The van der Waals surface area contributed by atoms with E-state index in [1.165, 1.54) is 37.4 Å². The second kappa shape index (κ2) is 13.2. The number of hydrogen-bond acceptors (Lipinski definition) is 7. The van der Waals surface area contributed by atoms with E-state index in [-0.39, 0.29) is 18.6 Å². The molecule has 2 aliphatic carbocycles. The zero-order valence-corrected chi connectivity index (χ0v) is 24.1. The number of rotatable bonds is 8. The summed E-state index contributed by atoms with van der Waals surface area (Å²) in [7, 11) is 1.56. The summed E-state index contributed by atoms with van der Waals surface area (Å²) in [6.45, 7) is 1.87. The molecular formula is C27H35IN2O5S. The van der Waals surface area contributed by atoms with Gasteiger partial charge < -0.3 is 14.2 Å². The van der Waals surface area contributed by atoms with Gasteiger partial charge in [0.25, 0.3) is 5.91 Å². The van der Waals surface area contributed by atoms with Gasteiger partial charge in [-0.15, -0.1) is 0 Å². The first-order valence-corrected chi connectivity index (χ1v) is 14.9. The quantitative estimate of drug-likeness (QED) is 0.195. The number of halogens is 1. The fourth-order valence-electron chi connectivity index (χ4n) is 5.05. The Hall–Kier alpha value is -1.75. The third kappa shape index (κ3) is 6.76. The lowest BCUT2D eigenvalue weighted by atomic mass is 9.94. The summed E-state index contributed by atoms with van der Waals surface area (Å²) in [6.07, 6.45) is 13.5. The lowest BCUT2D eigenvalue weighted by Crippen LogP contribution is -2.41. The maximum Gasteiger partial charge on any atom is 0.344 e. The van der Waals surface area contributed by atoms with E-state index in [0.717, 1.165) is 52.8 Å². The number of nitrogens with zero attached hydrogens (tertiary/aromatic N) is 2. The minimum Gasteiger partial charge on any atom is -0.493 e. The highest BCUT2D eigenvalue weighted by Crippen LogP contribution is 2.40. The number of amides is 1. The number of esters is 1. The molecule has 7 nitrogen and oxygen atoms in total. The molecule has 1 aliphatic heterocycles. The van der Waals surface area contributed by atoms with Crippen molar-refractivity contribution in [3.63, 3.8) is 0 Å². The Bertz CT molecular complexity index is 1020. The zero-order chi connectivity index (χ0) is 25.5. The molecule has 3 aliphatic rings. The molecule has 9 heteroatoms. The normalized spacial score (nSPS) is 21.9. The van der Waals surface area contributed by atoms with Crippen LogP contribution in [0.1, 0.15) is 76.7 Å². The van der Waals surface area contributed by atoms with Gasteiger partial charge in [0.05, 0.1) is 28.2 Å². The first kappa shape index (κ1) is 27.3. The Balaban J connectivity index is 1.59. The number of ether oxygens (including phenoxy) is 3. The predicted molar refractivity (Wildman–Crippen MR) is 151 cm³/mol. The molecule has 0 N–H and O–H groups in total. The SMILES string of the molecule is CCOC(=O)COc1c(I)cc(C=C2SC(=NC3CCCCC3)N(C3CCCCC3)C2=O)cc1OC. The van der Waals surface area contributed by atoms with Gasteiger partial charge in [0.2, 0.25) is 0 Å². The van der Waals surface area contributed by atoms with Gasteiger partial charge in [-0.05, 0) is 90.7 Å². The highest BCUT2D eigenvalue weighted by atomic mass is 127. The zero-order valence-electron chi connectivity index (χ0n) is 21.1. The molecule has 0 unspecified atom stereocenters. The molecule has 1 saturated heterocycles. The number of aliphatic imine (C=N–C) groups is 1. The van der Waals surface area contributed by atoms with Gasteiger partial charge in [-0.2, -0.15) is 0 Å². The fourth-order valence-corrected chi connectivity index (χ4v) is 6.94. The van der Waals surface area contributed by atoms with Crippen LogP contribution in [0.5, 0.6) is 11.5 Å². The maximum absolute atomic E-state index is 13.7. The molecule has 0 radical (unpaired) electrons. The van der Waals surface area contributed by atoms with E-state index in [2.05, 4.69) is 22.6 Å². The van der Waals surface area contributed by atoms with Crippen LogP contribution in [0.4, 0.5) is 0 Å². The van der Waals surface area contributed by atoms with Crippen LogP contribution < -0.4 is 9.47 Å². The molecule has 4 rings (SSSR count). The van der Waals surface area contributed by atoms with Crippen molar-refractivity contribution in [1.29, 1.82) is 0 Å². The molecule has 3 fully saturated rings. The Labute approximate surface area is 231 Å². The predicted octanol–water partition coefficient (Wildman–Crippen LogP) is 6.18. The van der Waals surface area contributed by atoms with Gasteiger partial charge in [-0.25, -0.2) is 4.79 Å². The second-order valence-corrected chi connectivity index (χ2v) is 11.6. The minimum atomic E-state index is -0.429. The van der Waals surface area contributed by atoms with Crippen molar-refractivity contribution in [1.82, 2.24) is 4.90 Å². The van der Waals surface area contributed by atoms with Crippen LogP contribution in [0.15, 0.2) is 22.0 Å². The van der Waals surface area contributed by atoms with Crippen LogP contribution in [0.2, 0.25) is 0 Å². The minimum absolute atomic E-state index is 0.0538. The average Bonchev–Trinajstić information content (AvgIpc) is 3.18. The Morgan fingerprint density at radius 3 is 2.50 bits per heavy atom. The summed E-state index contributed by atoms with van der Waals surface area (Å²) in [5.41, 5.74) is 0.845. The third-order valence-electron chi connectivity index (χ3n) is 6.83. The first-order chi connectivity index (χ1) is 17.5. The first-order valence-electron chi connectivity index (χ1n) is 13.0. The van der Waals surface area contributed by atoms with Crippen LogP contribution in [0.25, 0.3) is 6.08 Å². The molecule has 0 atom stereocenters. The Morgan fingerprint density at radius 1 is 1.14 bits per heavy atom. The highest BCUT2D eigenvalue weighted by Gasteiger charge is 2.39. The van der Waals surface area contributed by atoms with Crippen molar-refractivity contribution >= 4 is 57.5 Å². The largest absolute Gasteiger partial charge is 0.493 e. The maximum atomic E-state index is 13.7. The summed E-state index contributed by atoms with van der Waals surface area (Å²) >= 11 is 3.67. The van der Waals surface area contributed by atoms with E-state index in [9.17, 15) is 9.59 Å². The monoisotopic (exact) mass is 626 g/mol. The number of methoxy groups -OCH3 is 1. The molecule has 36 heavy (non-hydrogen) atoms. The molecule has 1 heterocycles. The van der Waals surface area contributed by atoms with E-state index in [1.54, 1.807) is 14.0 Å². The van der Waals surface area contributed by atoms with Crippen molar-refractivity contribution in [3.05, 3.63) is 26.2 Å². The van der Waals surface area contributed by atoms with E-state index in [1.807, 2.05) is 23.1 Å². The molecule has 1 aromatic carbocycles. The molecule has 2 saturated carbocycles. The molecular weight excluding hydrogens is 591 g/mol. The van der Waals surface area contributed by atoms with Crippen molar-refractivity contribution in [2.75, 3.05) is 20.3 Å². The molecule has 1 aromatic rings. The van der Waals surface area contributed by atoms with Crippen LogP contribution in [-0.4, -0.2) is 54.4 Å². The lowest BCUT2D eigenvalue weighted by Gasteiger charge is -2.31. The summed E-state index contributed by atoms with van der Waals surface area (Å²) in [5, 5.41) is 0.876. The third-order valence-corrected chi connectivity index (χ3v) is 8.63. The second-order valence-electron chi connectivity index (χ2n) is 9.41. The molecule has 0 spiro atoms. The van der Waals surface area contributed by atoms with Crippen LogP contribution in [-0.2, 0) is 14.3 Å². The number of thioether (sulfide) groups is 1.